The Balaban J connectivity index is 1.14. The van der Waals surface area contributed by atoms with Gasteiger partial charge >= 0.3 is 5.97 Å². The van der Waals surface area contributed by atoms with Crippen molar-refractivity contribution in [3.8, 4) is 17.0 Å². The summed E-state index contributed by atoms with van der Waals surface area (Å²) in [7, 11) is 3.72. The maximum atomic E-state index is 13.1. The van der Waals surface area contributed by atoms with Crippen molar-refractivity contribution in [2.75, 3.05) is 25.0 Å². The number of nitrogens with zero attached hydrogens (tertiary/aromatic N) is 5. The van der Waals surface area contributed by atoms with Crippen molar-refractivity contribution in [3.63, 3.8) is 0 Å². The van der Waals surface area contributed by atoms with Crippen LogP contribution in [0.5, 0.6) is 5.75 Å². The van der Waals surface area contributed by atoms with E-state index >= 15 is 0 Å². The third-order valence-corrected chi connectivity index (χ3v) is 9.83. The van der Waals surface area contributed by atoms with E-state index in [1.165, 1.54) is 0 Å². The highest BCUT2D eigenvalue weighted by Crippen LogP contribution is 2.44. The molecule has 2 bridgehead atoms. The summed E-state index contributed by atoms with van der Waals surface area (Å²) >= 11 is 1.60. The standard InChI is InChI=1S/C33H37N5O4S/c1-20-5-10-29(27(11-20)28-18-43-33(35-28)38-14-23-7-8-24(15-38)30(23)32(40)41)42-17-25-9-6-22(12-21(25)2)31(39)36(3)16-26-13-34-19-37(26)4/h5-6,9-13,18-19,23-24,30H,7-8,14-17H2,1-4H3,(H,40,41)/t23-,24?,30?/m1/s1. The number of imidazole rings is 1. The molecule has 9 nitrogen and oxygen atoms in total. The summed E-state index contributed by atoms with van der Waals surface area (Å²) in [6.07, 6.45) is 5.45. The molecule has 10 heteroatoms. The normalized spacial score (nSPS) is 19.4. The van der Waals surface area contributed by atoms with E-state index in [2.05, 4.69) is 28.3 Å². The number of aryl methyl sites for hydroxylation is 3. The van der Waals surface area contributed by atoms with Crippen LogP contribution in [0.2, 0.25) is 0 Å². The molecule has 2 aromatic carbocycles. The number of hydrogen-bond acceptors (Lipinski definition) is 7. The molecule has 3 atom stereocenters. The lowest BCUT2D eigenvalue weighted by Gasteiger charge is -2.35. The van der Waals surface area contributed by atoms with Crippen molar-refractivity contribution in [2.45, 2.75) is 39.8 Å². The quantitative estimate of drug-likeness (QED) is 0.269. The molecule has 2 aliphatic rings. The van der Waals surface area contributed by atoms with Gasteiger partial charge in [0.05, 0.1) is 30.2 Å². The number of carbonyl (C=O) groups is 2. The molecule has 0 spiro atoms. The Bertz CT molecular complexity index is 1650. The number of rotatable bonds is 9. The lowest BCUT2D eigenvalue weighted by Crippen LogP contribution is -2.44. The second kappa shape index (κ2) is 11.8. The number of carboxylic acid groups (broad SMARTS) is 1. The molecular formula is C33H37N5O4S. The predicted octanol–water partition coefficient (Wildman–Crippen LogP) is 5.56. The molecule has 1 aliphatic carbocycles. The molecule has 1 N–H and O–H groups in total. The maximum absolute atomic E-state index is 13.1. The molecule has 1 saturated heterocycles. The monoisotopic (exact) mass is 599 g/mol. The van der Waals surface area contributed by atoms with E-state index in [1.807, 2.05) is 48.9 Å². The number of carboxylic acids is 1. The van der Waals surface area contributed by atoms with Crippen LogP contribution in [0.15, 0.2) is 54.3 Å². The Kier molecular flexibility index (Phi) is 7.96. The zero-order valence-electron chi connectivity index (χ0n) is 25.0. The van der Waals surface area contributed by atoms with Crippen LogP contribution in [0, 0.1) is 31.6 Å². The van der Waals surface area contributed by atoms with E-state index in [0.29, 0.717) is 18.7 Å². The fraction of sp³-hybridized carbons (Fsp3) is 0.394. The molecule has 1 amide bonds. The first-order valence-electron chi connectivity index (χ1n) is 14.6. The number of ether oxygens (including phenoxy) is 1. The van der Waals surface area contributed by atoms with Gasteiger partial charge in [-0.05, 0) is 73.9 Å². The molecule has 2 unspecified atom stereocenters. The fourth-order valence-corrected chi connectivity index (χ4v) is 7.35. The van der Waals surface area contributed by atoms with Gasteiger partial charge in [0.15, 0.2) is 5.13 Å². The van der Waals surface area contributed by atoms with Crippen molar-refractivity contribution >= 4 is 28.3 Å². The number of benzene rings is 2. The lowest BCUT2D eigenvalue weighted by molar-refractivity contribution is -0.144. The van der Waals surface area contributed by atoms with E-state index in [9.17, 15) is 14.7 Å². The Morgan fingerprint density at radius 3 is 2.56 bits per heavy atom. The number of fused-ring (bicyclic) bond motifs is 2. The Labute approximate surface area is 255 Å². The Morgan fingerprint density at radius 1 is 1.12 bits per heavy atom. The van der Waals surface area contributed by atoms with E-state index in [4.69, 9.17) is 9.72 Å². The summed E-state index contributed by atoms with van der Waals surface area (Å²) in [6, 6.07) is 11.9. The highest BCUT2D eigenvalue weighted by atomic mass is 32.1. The van der Waals surface area contributed by atoms with Gasteiger partial charge in [0.25, 0.3) is 5.91 Å². The van der Waals surface area contributed by atoms with Gasteiger partial charge in [-0.3, -0.25) is 9.59 Å². The van der Waals surface area contributed by atoms with Crippen LogP contribution < -0.4 is 9.64 Å². The minimum absolute atomic E-state index is 0.0443. The minimum atomic E-state index is -0.655. The Morgan fingerprint density at radius 2 is 1.88 bits per heavy atom. The van der Waals surface area contributed by atoms with Crippen molar-refractivity contribution in [3.05, 3.63) is 82.3 Å². The highest BCUT2D eigenvalue weighted by molar-refractivity contribution is 7.14. The lowest BCUT2D eigenvalue weighted by atomic mass is 9.85. The first kappa shape index (κ1) is 28.9. The molecule has 224 valence electrons. The number of amides is 1. The SMILES string of the molecule is Cc1ccc(OCc2ccc(C(=O)N(C)Cc3cncn3C)cc2C)c(-c2csc(N3CC4CC[C@H](C3)C4C(=O)O)n2)c1. The summed E-state index contributed by atoms with van der Waals surface area (Å²) < 4.78 is 8.28. The average Bonchev–Trinajstić information content (AvgIpc) is 3.70. The molecule has 6 rings (SSSR count). The van der Waals surface area contributed by atoms with Gasteiger partial charge in [0.2, 0.25) is 0 Å². The molecular weight excluding hydrogens is 562 g/mol. The van der Waals surface area contributed by atoms with Gasteiger partial charge in [-0.2, -0.15) is 0 Å². The maximum Gasteiger partial charge on any atom is 0.307 e. The highest BCUT2D eigenvalue weighted by Gasteiger charge is 2.46. The molecule has 4 aromatic rings. The fourth-order valence-electron chi connectivity index (χ4n) is 6.50. The predicted molar refractivity (Wildman–Crippen MR) is 166 cm³/mol. The second-order valence-electron chi connectivity index (χ2n) is 12.0. The third kappa shape index (κ3) is 5.88. The summed E-state index contributed by atoms with van der Waals surface area (Å²) in [5.41, 5.74) is 6.52. The van der Waals surface area contributed by atoms with Crippen LogP contribution in [0.1, 0.15) is 45.6 Å². The van der Waals surface area contributed by atoms with Gasteiger partial charge in [-0.1, -0.05) is 17.7 Å². The summed E-state index contributed by atoms with van der Waals surface area (Å²) in [5.74, 6) is 0.203. The average molecular weight is 600 g/mol. The summed E-state index contributed by atoms with van der Waals surface area (Å²) in [6.45, 7) is 6.39. The number of piperidine rings is 1. The van der Waals surface area contributed by atoms with Crippen LogP contribution in [0.25, 0.3) is 11.3 Å². The van der Waals surface area contributed by atoms with Crippen LogP contribution >= 0.6 is 11.3 Å². The third-order valence-electron chi connectivity index (χ3n) is 8.93. The molecule has 1 saturated carbocycles. The summed E-state index contributed by atoms with van der Waals surface area (Å²) in [4.78, 5) is 38.0. The zero-order chi connectivity index (χ0) is 30.2. The number of aromatic nitrogens is 3. The van der Waals surface area contributed by atoms with Gasteiger partial charge in [0.1, 0.15) is 12.4 Å². The molecule has 2 fully saturated rings. The largest absolute Gasteiger partial charge is 0.488 e. The van der Waals surface area contributed by atoms with E-state index in [0.717, 1.165) is 70.5 Å². The van der Waals surface area contributed by atoms with E-state index in [1.54, 1.807) is 35.8 Å². The van der Waals surface area contributed by atoms with Crippen molar-refractivity contribution in [1.29, 1.82) is 0 Å². The van der Waals surface area contributed by atoms with Crippen molar-refractivity contribution < 1.29 is 19.4 Å². The van der Waals surface area contributed by atoms with Gasteiger partial charge in [-0.15, -0.1) is 11.3 Å². The van der Waals surface area contributed by atoms with Crippen LogP contribution in [-0.2, 0) is 25.0 Å². The van der Waals surface area contributed by atoms with Gasteiger partial charge < -0.3 is 24.2 Å². The number of aliphatic carboxylic acids is 1. The number of hydrogen-bond donors (Lipinski definition) is 1. The van der Waals surface area contributed by atoms with Crippen LogP contribution in [-0.4, -0.2) is 56.6 Å². The second-order valence-corrected chi connectivity index (χ2v) is 12.8. The smallest absolute Gasteiger partial charge is 0.307 e. The molecule has 0 radical (unpaired) electrons. The van der Waals surface area contributed by atoms with E-state index < -0.39 is 5.97 Å². The molecule has 3 heterocycles. The van der Waals surface area contributed by atoms with Crippen molar-refractivity contribution in [1.82, 2.24) is 19.4 Å². The number of anilines is 1. The topological polar surface area (TPSA) is 101 Å². The molecule has 2 aromatic heterocycles. The van der Waals surface area contributed by atoms with Crippen molar-refractivity contribution in [2.24, 2.45) is 24.8 Å². The number of thiazole rings is 1. The first-order valence-corrected chi connectivity index (χ1v) is 15.5. The molecule has 1 aliphatic heterocycles. The molecule has 43 heavy (non-hydrogen) atoms. The Hall–Kier alpha value is -4.18. The number of carbonyl (C=O) groups excluding carboxylic acids is 1. The van der Waals surface area contributed by atoms with E-state index in [-0.39, 0.29) is 23.7 Å². The van der Waals surface area contributed by atoms with Crippen LogP contribution in [0.3, 0.4) is 0 Å². The van der Waals surface area contributed by atoms with Crippen LogP contribution in [0.4, 0.5) is 5.13 Å². The first-order chi connectivity index (χ1) is 20.7. The summed E-state index contributed by atoms with van der Waals surface area (Å²) in [5, 5.41) is 12.7. The van der Waals surface area contributed by atoms with Gasteiger partial charge in [0, 0.05) is 49.9 Å². The minimum Gasteiger partial charge on any atom is -0.488 e. The van der Waals surface area contributed by atoms with Gasteiger partial charge in [-0.25, -0.2) is 9.97 Å². The zero-order valence-corrected chi connectivity index (χ0v) is 25.8.